The molecule has 2 aliphatic rings. The number of rotatable bonds is 17. The second-order valence-electron chi connectivity index (χ2n) is 23.6. The van der Waals surface area contributed by atoms with Gasteiger partial charge < -0.3 is 50.9 Å². The number of nitrogens with two attached hydrogens (primary N) is 2. The van der Waals surface area contributed by atoms with Gasteiger partial charge in [-0.1, -0.05) is 84.9 Å². The van der Waals surface area contributed by atoms with Crippen molar-refractivity contribution in [2.75, 3.05) is 19.6 Å². The van der Waals surface area contributed by atoms with Gasteiger partial charge in [0.1, 0.15) is 20.2 Å². The number of aromatic amines is 2. The number of nitrogens with zero attached hydrogens (tertiary/aromatic N) is 2. The highest BCUT2D eigenvalue weighted by atomic mass is 32.2. The average Bonchev–Trinajstić information content (AvgIpc) is 0.933. The van der Waals surface area contributed by atoms with E-state index in [1.165, 1.54) is 115 Å². The molecule has 0 atom stereocenters. The van der Waals surface area contributed by atoms with Crippen LogP contribution in [0.25, 0.3) is 134 Å². The molecule has 25 nitrogen and oxygen atoms in total. The topological polar surface area (TPSA) is 456 Å². The largest absolute Gasteiger partial charge is 0.744 e. The van der Waals surface area contributed by atoms with Crippen LogP contribution in [0.2, 0.25) is 0 Å². The van der Waals surface area contributed by atoms with Crippen molar-refractivity contribution in [3.05, 3.63) is 215 Å². The fourth-order valence-electron chi connectivity index (χ4n) is 12.9. The van der Waals surface area contributed by atoms with Crippen molar-refractivity contribution in [1.82, 2.24) is 25.3 Å². The number of carboxylic acid groups (broad SMARTS) is 2. The van der Waals surface area contributed by atoms with E-state index in [0.717, 1.165) is 0 Å². The van der Waals surface area contributed by atoms with Crippen molar-refractivity contribution in [2.24, 2.45) is 11.5 Å². The summed E-state index contributed by atoms with van der Waals surface area (Å²) in [4.78, 5) is 65.8. The van der Waals surface area contributed by atoms with Gasteiger partial charge in [0.05, 0.1) is 53.9 Å². The maximum Gasteiger partial charge on any atom is 0.336 e. The van der Waals surface area contributed by atoms with Gasteiger partial charge in [-0.2, -0.15) is 16.8 Å². The average molecular weight is 1440 g/mol. The van der Waals surface area contributed by atoms with Crippen molar-refractivity contribution >= 4 is 154 Å². The second kappa shape index (κ2) is 26.6. The van der Waals surface area contributed by atoms with E-state index in [0.29, 0.717) is 146 Å². The molecule has 2 aliphatic heterocycles. The first kappa shape index (κ1) is 69.0. The van der Waals surface area contributed by atoms with Gasteiger partial charge in [0.25, 0.3) is 26.1 Å². The van der Waals surface area contributed by atoms with Gasteiger partial charge in [-0.05, 0) is 177 Å². The summed E-state index contributed by atoms with van der Waals surface area (Å²) >= 11 is 0. The Morgan fingerprint density at radius 1 is 0.412 bits per heavy atom. The van der Waals surface area contributed by atoms with Crippen LogP contribution in [0.4, 0.5) is 0 Å². The third-order valence-corrected chi connectivity index (χ3v) is 20.9. The normalized spacial score (nSPS) is 12.5. The number of hydrogen-bond acceptors (Lipinski definition) is 19. The number of carbonyl (C=O) groups is 4. The predicted octanol–water partition coefficient (Wildman–Crippen LogP) is 10.0. The lowest BCUT2D eigenvalue weighted by Gasteiger charge is -2.20. The second-order valence-corrected chi connectivity index (χ2v) is 29.2. The highest BCUT2D eigenvalue weighted by Crippen LogP contribution is 2.45. The summed E-state index contributed by atoms with van der Waals surface area (Å²) in [6.07, 6.45) is 7.50. The molecule has 9 aromatic carbocycles. The molecule has 8 bridgehead atoms. The fraction of sp³-hybridized carbons (Fsp3) is 0.0685. The molecule has 10 N–H and O–H groups in total. The molecule has 0 aliphatic carbocycles. The first-order valence-corrected chi connectivity index (χ1v) is 36.5. The number of aromatic nitrogens is 4. The van der Waals surface area contributed by atoms with E-state index in [9.17, 15) is 81.3 Å². The third kappa shape index (κ3) is 13.0. The Balaban J connectivity index is 0.000000208. The summed E-state index contributed by atoms with van der Waals surface area (Å²) < 4.78 is 139. The molecular weight excluding hydrogens is 1390 g/mol. The van der Waals surface area contributed by atoms with E-state index < -0.39 is 68.1 Å². The lowest BCUT2D eigenvalue weighted by Crippen LogP contribution is -2.30. The maximum absolute atomic E-state index is 13.1. The zero-order valence-electron chi connectivity index (χ0n) is 52.7. The summed E-state index contributed by atoms with van der Waals surface area (Å²) in [6.45, 7) is 0.758. The molecule has 12 aromatic rings. The number of Topliss-reactive ketones (excluding diaryl/α,β-unsaturated/α-hetero) is 1. The first-order chi connectivity index (χ1) is 48.5. The van der Waals surface area contributed by atoms with Crippen LogP contribution < -0.4 is 21.9 Å². The Morgan fingerprint density at radius 2 is 0.735 bits per heavy atom. The van der Waals surface area contributed by atoms with E-state index in [4.69, 9.17) is 21.4 Å². The molecule has 102 heavy (non-hydrogen) atoms. The molecule has 29 heteroatoms. The Hall–Kier alpha value is -11.5. The number of ketones is 1. The van der Waals surface area contributed by atoms with Gasteiger partial charge in [-0.15, -0.1) is 0 Å². The Bertz CT molecular complexity index is 5650. The first-order valence-electron chi connectivity index (χ1n) is 30.8. The summed E-state index contributed by atoms with van der Waals surface area (Å²) in [7, 11) is -18.7. The molecule has 0 fully saturated rings. The minimum Gasteiger partial charge on any atom is -0.744 e. The minimum atomic E-state index is -4.80. The fourth-order valence-corrected chi connectivity index (χ4v) is 14.8. The highest BCUT2D eigenvalue weighted by Gasteiger charge is 2.27. The zero-order chi connectivity index (χ0) is 72.5. The minimum absolute atomic E-state index is 0.00877. The van der Waals surface area contributed by atoms with E-state index in [-0.39, 0.29) is 57.2 Å². The van der Waals surface area contributed by atoms with Gasteiger partial charge in [0.2, 0.25) is 0 Å². The van der Waals surface area contributed by atoms with Gasteiger partial charge in [0, 0.05) is 91.3 Å². The Labute approximate surface area is 579 Å². The maximum atomic E-state index is 13.1. The highest BCUT2D eigenvalue weighted by molar-refractivity contribution is 7.86. The van der Waals surface area contributed by atoms with E-state index in [2.05, 4.69) is 15.3 Å². The van der Waals surface area contributed by atoms with Crippen LogP contribution in [0.1, 0.15) is 77.0 Å². The number of nitrogens with one attached hydrogen (secondary N) is 3. The van der Waals surface area contributed by atoms with E-state index >= 15 is 0 Å². The van der Waals surface area contributed by atoms with Crippen molar-refractivity contribution in [1.29, 1.82) is 0 Å². The van der Waals surface area contributed by atoms with Crippen LogP contribution in [0.5, 0.6) is 0 Å². The van der Waals surface area contributed by atoms with Crippen LogP contribution in [-0.2, 0) is 40.5 Å². The molecule has 1 amide bonds. The van der Waals surface area contributed by atoms with E-state index in [1.807, 2.05) is 0 Å². The van der Waals surface area contributed by atoms with Gasteiger partial charge in [0.15, 0.2) is 5.78 Å². The summed E-state index contributed by atoms with van der Waals surface area (Å²) in [5.41, 5.74) is 18.5. The number of amides is 1. The standard InChI is InChI=1S/C44H30N4O12S4.C29H25N3O6/c49-61(50,51)29-9-1-25(2-10-29)41-33-17-19-35(45-33)42(26-3-11-30(12-4-26)62(52,53)54)37-21-23-39(47-37)44(28-7-15-32(16-8-28)64(58,59)60)40-24-22-38(48-40)43(36-20-18-34(41)46-36)27-5-13-31(14-6-27)63(55,56)57;30-11-1-2-22(33)18-7-3-14-17-6-10-21(29(37)38)26-19(27(34)32-13-12-31)8-4-15(24(17)26)16-5-9-20(28(35)36)25(18)23(14)16/h1-24,45,48H,(H,49,50,51)(H,52,53,54)(H,55,56,57)(H,58,59,60);3-10H,1-2,11-13,30-31H2,(H,32,34)(H,35,36)(H,37,38)/p-3. The number of aromatic carboxylic acids is 2. The molecule has 0 spiro atoms. The van der Waals surface area contributed by atoms with Crippen molar-refractivity contribution < 1.29 is 81.3 Å². The van der Waals surface area contributed by atoms with Crippen LogP contribution in [-0.4, -0.2) is 120 Å². The summed E-state index contributed by atoms with van der Waals surface area (Å²) in [5.74, 6) is -3.28. The summed E-state index contributed by atoms with van der Waals surface area (Å²) in [5, 5.41) is 29.0. The van der Waals surface area contributed by atoms with E-state index in [1.54, 1.807) is 78.9 Å². The molecule has 0 saturated heterocycles. The molecule has 14 rings (SSSR count). The quantitative estimate of drug-likeness (QED) is 0.0182. The van der Waals surface area contributed by atoms with Gasteiger partial charge in [-0.3, -0.25) is 18.7 Å². The number of carbonyl (C=O) groups excluding carboxylic acids is 3. The van der Waals surface area contributed by atoms with Crippen LogP contribution in [0.15, 0.2) is 189 Å². The number of benzene rings is 9. The smallest absolute Gasteiger partial charge is 0.336 e. The lowest BCUT2D eigenvalue weighted by atomic mass is 9.83. The number of hydrogen-bond donors (Lipinski definition) is 8. The number of H-pyrrole nitrogens is 2. The van der Waals surface area contributed by atoms with Crippen molar-refractivity contribution in [3.63, 3.8) is 0 Å². The van der Waals surface area contributed by atoms with Crippen LogP contribution in [0, 0.1) is 0 Å². The number of carboxylic acids is 2. The van der Waals surface area contributed by atoms with Crippen molar-refractivity contribution in [3.8, 4) is 44.5 Å². The Morgan fingerprint density at radius 3 is 1.05 bits per heavy atom. The predicted molar refractivity (Wildman–Crippen MR) is 379 cm³/mol. The molecule has 3 aromatic heterocycles. The van der Waals surface area contributed by atoms with Crippen molar-refractivity contribution in [2.45, 2.75) is 32.4 Å². The molecule has 514 valence electrons. The van der Waals surface area contributed by atoms with Crippen LogP contribution in [0.3, 0.4) is 0 Å². The molecule has 0 saturated carbocycles. The SMILES string of the molecule is NCCCC(=O)c1ccc2c3ccc(C(=O)[O-])c4c(C(=O)NCCN)ccc(c5ccc(C(=O)O)c1c25)c43.O=S(=O)([O-])c1ccc(-c2c3nc(c(-c4ccc(S(=O)(=O)O)cc4)c4ccc([nH]4)c(-c4ccc(S(=O)(=O)O)cc4)c4nc(c(-c5ccc(S(=O)(=O)[O-])cc5)c5ccc2[nH]5)C=C4)C=C3)cc1. The number of fused-ring (bicyclic) bond motifs is 10. The molecule has 5 heterocycles. The summed E-state index contributed by atoms with van der Waals surface area (Å²) in [6, 6.07) is 41.1. The van der Waals surface area contributed by atoms with Gasteiger partial charge in [-0.25, -0.2) is 31.6 Å². The molecule has 0 radical (unpaired) electrons. The monoisotopic (exact) mass is 1440 g/mol. The Kier molecular flexibility index (Phi) is 18.0. The lowest BCUT2D eigenvalue weighted by molar-refractivity contribution is -0.254. The zero-order valence-corrected chi connectivity index (χ0v) is 55.9. The van der Waals surface area contributed by atoms with Gasteiger partial charge >= 0.3 is 5.97 Å². The molecule has 0 unspecified atom stereocenters. The molecular formula is C73H52N7O18S4-3. The third-order valence-electron chi connectivity index (χ3n) is 17.4. The van der Waals surface area contributed by atoms with Crippen LogP contribution >= 0.6 is 0 Å².